The first-order valence-corrected chi connectivity index (χ1v) is 12.7. The molecular weight excluding hydrogens is 475 g/mol. The first-order valence-electron chi connectivity index (χ1n) is 10.9. The van der Waals surface area contributed by atoms with Gasteiger partial charge in [-0.3, -0.25) is 9.59 Å². The Hall–Kier alpha value is -1.11. The standard InChI is InChI=1S/C21H26N4O5S2.Na/c1-10-15-14(11(2)26)19(28)25(15)16(20(29)30)17(10)32-12-7-24(8-12)21-22-13(9-31-21)18(27)23-5-3-4-6-23;/h9-12,14-15,26H,3-8H2,1-2H3,(H,29,30);/q;+1/p-1/t10-,11-,14?,15?;/m1./s1. The summed E-state index contributed by atoms with van der Waals surface area (Å²) in [6, 6.07) is -0.327. The molecule has 0 aliphatic carbocycles. The summed E-state index contributed by atoms with van der Waals surface area (Å²) in [5.41, 5.74) is 0.446. The minimum absolute atomic E-state index is 0. The van der Waals surface area contributed by atoms with Crippen molar-refractivity contribution in [1.82, 2.24) is 14.8 Å². The zero-order chi connectivity index (χ0) is 22.7. The summed E-state index contributed by atoms with van der Waals surface area (Å²) in [5.74, 6) is -2.44. The topological polar surface area (TPSA) is 117 Å². The van der Waals surface area contributed by atoms with Crippen molar-refractivity contribution in [2.45, 2.75) is 44.1 Å². The Morgan fingerprint density at radius 2 is 1.97 bits per heavy atom. The van der Waals surface area contributed by atoms with Crippen molar-refractivity contribution in [1.29, 1.82) is 0 Å². The molecule has 3 saturated heterocycles. The Morgan fingerprint density at radius 3 is 2.58 bits per heavy atom. The maximum absolute atomic E-state index is 12.5. The summed E-state index contributed by atoms with van der Waals surface area (Å²) in [6.07, 6.45) is 1.26. The number of carbonyl (C=O) groups excluding carboxylic acids is 3. The largest absolute Gasteiger partial charge is 1.00 e. The van der Waals surface area contributed by atoms with E-state index in [4.69, 9.17) is 0 Å². The van der Waals surface area contributed by atoms with Crippen molar-refractivity contribution in [3.8, 4) is 0 Å². The number of thioether (sulfide) groups is 1. The van der Waals surface area contributed by atoms with Crippen LogP contribution in [0.25, 0.3) is 0 Å². The molecule has 0 saturated carbocycles. The first-order chi connectivity index (χ1) is 15.3. The summed E-state index contributed by atoms with van der Waals surface area (Å²) in [7, 11) is 0. The van der Waals surface area contributed by atoms with E-state index in [1.807, 2.05) is 11.8 Å². The van der Waals surface area contributed by atoms with E-state index in [-0.39, 0.29) is 64.3 Å². The molecule has 2 amide bonds. The van der Waals surface area contributed by atoms with E-state index >= 15 is 0 Å². The van der Waals surface area contributed by atoms with Gasteiger partial charge in [0.1, 0.15) is 5.69 Å². The molecule has 2 unspecified atom stereocenters. The fourth-order valence-electron chi connectivity index (χ4n) is 5.11. The van der Waals surface area contributed by atoms with E-state index in [0.717, 1.165) is 31.1 Å². The summed E-state index contributed by atoms with van der Waals surface area (Å²) in [4.78, 5) is 47.2. The van der Waals surface area contributed by atoms with Crippen LogP contribution in [0.15, 0.2) is 16.0 Å². The number of nitrogens with zero attached hydrogens (tertiary/aromatic N) is 4. The summed E-state index contributed by atoms with van der Waals surface area (Å²) < 4.78 is 0. The van der Waals surface area contributed by atoms with Crippen LogP contribution in [0.2, 0.25) is 0 Å². The number of hydrogen-bond acceptors (Lipinski definition) is 9. The molecule has 0 aromatic carbocycles. The predicted octanol–water partition coefficient (Wildman–Crippen LogP) is -2.88. The van der Waals surface area contributed by atoms with Gasteiger partial charge in [-0.15, -0.1) is 23.1 Å². The number of fused-ring (bicyclic) bond motifs is 1. The van der Waals surface area contributed by atoms with Gasteiger partial charge in [0, 0.05) is 47.6 Å². The monoisotopic (exact) mass is 500 g/mol. The van der Waals surface area contributed by atoms with Crippen molar-refractivity contribution in [3.63, 3.8) is 0 Å². The third-order valence-corrected chi connectivity index (χ3v) is 9.17. The zero-order valence-electron chi connectivity index (χ0n) is 18.9. The molecular formula is C21H25N4NaO5S2. The number of carboxylic acids is 1. The van der Waals surface area contributed by atoms with Gasteiger partial charge in [0.2, 0.25) is 5.91 Å². The Bertz CT molecular complexity index is 1000. The number of carbonyl (C=O) groups is 3. The second-order valence-corrected chi connectivity index (χ2v) is 11.1. The third-order valence-electron chi connectivity index (χ3n) is 6.82. The third kappa shape index (κ3) is 4.14. The molecule has 5 heterocycles. The van der Waals surface area contributed by atoms with Crippen molar-refractivity contribution in [2.75, 3.05) is 31.1 Å². The van der Waals surface area contributed by atoms with Crippen molar-refractivity contribution in [3.05, 3.63) is 21.7 Å². The molecule has 0 spiro atoms. The Balaban J connectivity index is 0.00000259. The van der Waals surface area contributed by atoms with E-state index in [1.165, 1.54) is 28.0 Å². The normalized spacial score (nSPS) is 27.8. The number of hydrogen-bond donors (Lipinski definition) is 1. The molecule has 1 N–H and O–H groups in total. The fraction of sp³-hybridized carbons (Fsp3) is 0.619. The van der Waals surface area contributed by atoms with Gasteiger partial charge < -0.3 is 29.7 Å². The molecule has 12 heteroatoms. The average Bonchev–Trinajstić information content (AvgIpc) is 3.43. The molecule has 0 radical (unpaired) electrons. The molecule has 4 atom stereocenters. The Labute approximate surface area is 222 Å². The van der Waals surface area contributed by atoms with Crippen molar-refractivity contribution < 1.29 is 54.2 Å². The van der Waals surface area contributed by atoms with E-state index in [1.54, 1.807) is 12.3 Å². The Kier molecular flexibility index (Phi) is 7.20. The van der Waals surface area contributed by atoms with Gasteiger partial charge in [-0.2, -0.15) is 0 Å². The number of amides is 2. The van der Waals surface area contributed by atoms with Gasteiger partial charge >= 0.3 is 29.6 Å². The van der Waals surface area contributed by atoms with E-state index in [9.17, 15) is 24.6 Å². The number of carboxylic acid groups (broad SMARTS) is 1. The van der Waals surface area contributed by atoms with Crippen LogP contribution in [0.3, 0.4) is 0 Å². The van der Waals surface area contributed by atoms with Crippen LogP contribution in [0.4, 0.5) is 5.13 Å². The minimum Gasteiger partial charge on any atom is -0.543 e. The van der Waals surface area contributed by atoms with E-state index in [2.05, 4.69) is 9.88 Å². The maximum Gasteiger partial charge on any atom is 1.00 e. The number of likely N-dealkylation sites (tertiary alicyclic amines) is 1. The molecule has 172 valence electrons. The van der Waals surface area contributed by atoms with Gasteiger partial charge in [0.25, 0.3) is 5.91 Å². The summed E-state index contributed by atoms with van der Waals surface area (Å²) in [5, 5.41) is 24.5. The van der Waals surface area contributed by atoms with Crippen LogP contribution >= 0.6 is 23.1 Å². The van der Waals surface area contributed by atoms with Crippen LogP contribution in [0, 0.1) is 11.8 Å². The van der Waals surface area contributed by atoms with Gasteiger partial charge in [0.05, 0.1) is 29.7 Å². The van der Waals surface area contributed by atoms with Gasteiger partial charge in [-0.25, -0.2) is 4.98 Å². The Morgan fingerprint density at radius 1 is 1.30 bits per heavy atom. The van der Waals surface area contributed by atoms with E-state index in [0.29, 0.717) is 23.7 Å². The molecule has 4 aliphatic rings. The van der Waals surface area contributed by atoms with Crippen LogP contribution in [-0.4, -0.2) is 81.2 Å². The van der Waals surface area contributed by atoms with Gasteiger partial charge in [-0.05, 0) is 19.8 Å². The number of aliphatic hydroxyl groups is 1. The summed E-state index contributed by atoms with van der Waals surface area (Å²) in [6.45, 7) is 6.43. The van der Waals surface area contributed by atoms with Crippen LogP contribution in [0.1, 0.15) is 37.2 Å². The van der Waals surface area contributed by atoms with Gasteiger partial charge in [0.15, 0.2) is 5.13 Å². The van der Waals surface area contributed by atoms with Crippen molar-refractivity contribution in [2.24, 2.45) is 11.8 Å². The van der Waals surface area contributed by atoms with Gasteiger partial charge in [-0.1, -0.05) is 6.92 Å². The molecule has 0 bridgehead atoms. The number of rotatable bonds is 6. The maximum atomic E-state index is 12.5. The second-order valence-electron chi connectivity index (χ2n) is 8.91. The molecule has 9 nitrogen and oxygen atoms in total. The SMILES string of the molecule is C[C@@H](O)C1C(=O)N2C(C(=O)[O-])=C(SC3CN(c4nc(C(=O)N5CCCC5)cs4)C3)[C@H](C)C12.[Na+]. The quantitative estimate of drug-likeness (QED) is 0.327. The average molecular weight is 501 g/mol. The predicted molar refractivity (Wildman–Crippen MR) is 118 cm³/mol. The number of aromatic nitrogens is 1. The molecule has 4 aliphatic heterocycles. The minimum atomic E-state index is -1.35. The van der Waals surface area contributed by atoms with Crippen LogP contribution in [-0.2, 0) is 9.59 Å². The molecule has 1 aromatic rings. The summed E-state index contributed by atoms with van der Waals surface area (Å²) >= 11 is 2.92. The molecule has 33 heavy (non-hydrogen) atoms. The molecule has 3 fully saturated rings. The van der Waals surface area contributed by atoms with E-state index < -0.39 is 18.0 Å². The molecule has 1 aromatic heterocycles. The number of anilines is 1. The van der Waals surface area contributed by atoms with Crippen molar-refractivity contribution >= 4 is 46.0 Å². The fourth-order valence-corrected chi connectivity index (χ4v) is 7.44. The smallest absolute Gasteiger partial charge is 0.543 e. The van der Waals surface area contributed by atoms with Crippen LogP contribution < -0.4 is 39.6 Å². The molecule has 5 rings (SSSR count). The number of aliphatic carboxylic acids is 1. The number of β-lactam (4-membered cyclic amide) rings is 1. The number of thiazole rings is 1. The first kappa shape index (κ1) is 25.0. The van der Waals surface area contributed by atoms with Crippen LogP contribution in [0.5, 0.6) is 0 Å². The number of aliphatic hydroxyl groups excluding tert-OH is 1. The second kappa shape index (κ2) is 9.50. The zero-order valence-corrected chi connectivity index (χ0v) is 22.5.